The fraction of sp³-hybridized carbons (Fsp3) is 0.400. The van der Waals surface area contributed by atoms with E-state index in [4.69, 9.17) is 22.9 Å². The Hall–Kier alpha value is -1.74. The number of ether oxygens (including phenoxy) is 3. The van der Waals surface area contributed by atoms with E-state index in [1.54, 1.807) is 7.11 Å². The maximum absolute atomic E-state index is 8.96. The largest absolute Gasteiger partial charge is 0.493 e. The number of thioether (sulfide) groups is 1. The third-order valence-electron chi connectivity index (χ3n) is 4.30. The molecule has 6 nitrogen and oxygen atoms in total. The number of rotatable bonds is 10. The van der Waals surface area contributed by atoms with Crippen LogP contribution in [-0.2, 0) is 6.42 Å². The van der Waals surface area contributed by atoms with Crippen molar-refractivity contribution in [1.29, 1.82) is 0 Å². The van der Waals surface area contributed by atoms with Crippen molar-refractivity contribution in [1.82, 2.24) is 5.32 Å². The molecule has 3 rings (SSSR count). The van der Waals surface area contributed by atoms with Crippen LogP contribution in [0.15, 0.2) is 42.5 Å². The van der Waals surface area contributed by atoms with Crippen molar-refractivity contribution in [2.24, 2.45) is 0 Å². The highest BCUT2D eigenvalue weighted by Gasteiger charge is 2.25. The first kappa shape index (κ1) is 21.0. The summed E-state index contributed by atoms with van der Waals surface area (Å²) in [4.78, 5) is 0. The molecular formula is C20H25NO5S2. The van der Waals surface area contributed by atoms with Crippen molar-refractivity contribution >= 4 is 24.1 Å². The Bertz CT molecular complexity index is 761. The molecule has 0 spiro atoms. The van der Waals surface area contributed by atoms with Crippen LogP contribution in [0.4, 0.5) is 0 Å². The van der Waals surface area contributed by atoms with E-state index < -0.39 is 0 Å². The van der Waals surface area contributed by atoms with Gasteiger partial charge in [0.25, 0.3) is 0 Å². The molecule has 1 heterocycles. The van der Waals surface area contributed by atoms with Gasteiger partial charge in [-0.05, 0) is 43.2 Å². The molecule has 1 unspecified atom stereocenters. The summed E-state index contributed by atoms with van der Waals surface area (Å²) in [6.45, 7) is 3.15. The molecule has 1 saturated heterocycles. The maximum Gasteiger partial charge on any atom is 0.222 e. The number of methoxy groups -OCH3 is 1. The minimum absolute atomic E-state index is 0.224. The summed E-state index contributed by atoms with van der Waals surface area (Å²) >= 11 is 2.17. The van der Waals surface area contributed by atoms with E-state index in [9.17, 15) is 0 Å². The molecule has 0 amide bonds. The van der Waals surface area contributed by atoms with E-state index in [1.165, 1.54) is 0 Å². The maximum atomic E-state index is 8.96. The predicted molar refractivity (Wildman–Crippen MR) is 114 cm³/mol. The van der Waals surface area contributed by atoms with Gasteiger partial charge in [-0.2, -0.15) is 0 Å². The van der Waals surface area contributed by atoms with Crippen LogP contribution >= 0.6 is 24.1 Å². The number of para-hydroxylation sites is 2. The Labute approximate surface area is 174 Å². The molecule has 2 aromatic rings. The van der Waals surface area contributed by atoms with E-state index in [-0.39, 0.29) is 5.37 Å². The summed E-state index contributed by atoms with van der Waals surface area (Å²) in [7, 11) is 1.58. The molecular weight excluding hydrogens is 398 g/mol. The van der Waals surface area contributed by atoms with Gasteiger partial charge in [-0.25, -0.2) is 0 Å². The van der Waals surface area contributed by atoms with Gasteiger partial charge in [0, 0.05) is 11.8 Å². The Morgan fingerprint density at radius 3 is 2.61 bits per heavy atom. The second kappa shape index (κ2) is 10.7. The van der Waals surface area contributed by atoms with Gasteiger partial charge in [0.1, 0.15) is 6.61 Å². The first-order valence-electron chi connectivity index (χ1n) is 9.10. The SMILES string of the molecule is CCOc1ccccc1OCC1N[C@@H](Cc2ccc(OC)c(OSO)c2)CS1. The molecule has 2 aromatic carbocycles. The second-order valence-electron chi connectivity index (χ2n) is 6.22. The molecule has 2 atom stereocenters. The lowest BCUT2D eigenvalue weighted by atomic mass is 10.1. The molecule has 1 fully saturated rings. The van der Waals surface area contributed by atoms with Gasteiger partial charge < -0.3 is 18.4 Å². The minimum Gasteiger partial charge on any atom is -0.493 e. The second-order valence-corrected chi connectivity index (χ2v) is 7.77. The van der Waals surface area contributed by atoms with Gasteiger partial charge in [0.05, 0.1) is 19.1 Å². The van der Waals surface area contributed by atoms with E-state index in [0.717, 1.165) is 29.2 Å². The quantitative estimate of drug-likeness (QED) is 0.550. The van der Waals surface area contributed by atoms with E-state index in [0.29, 0.717) is 43.1 Å². The van der Waals surface area contributed by atoms with Crippen LogP contribution in [0.2, 0.25) is 0 Å². The Morgan fingerprint density at radius 1 is 1.11 bits per heavy atom. The van der Waals surface area contributed by atoms with Crippen LogP contribution in [0.3, 0.4) is 0 Å². The molecule has 0 aromatic heterocycles. The summed E-state index contributed by atoms with van der Waals surface area (Å²) in [5.74, 6) is 3.66. The molecule has 152 valence electrons. The topological polar surface area (TPSA) is 69.2 Å². The zero-order chi connectivity index (χ0) is 19.8. The molecule has 0 saturated carbocycles. The monoisotopic (exact) mass is 423 g/mol. The summed E-state index contributed by atoms with van der Waals surface area (Å²) in [5, 5.41) is 3.84. The van der Waals surface area contributed by atoms with Crippen LogP contribution in [0, 0.1) is 0 Å². The molecule has 0 aliphatic carbocycles. The predicted octanol–water partition coefficient (Wildman–Crippen LogP) is 4.25. The number of hydrogen-bond acceptors (Lipinski definition) is 8. The van der Waals surface area contributed by atoms with Gasteiger partial charge in [-0.1, -0.05) is 18.2 Å². The van der Waals surface area contributed by atoms with Gasteiger partial charge in [-0.15, -0.1) is 11.8 Å². The Kier molecular flexibility index (Phi) is 8.02. The van der Waals surface area contributed by atoms with E-state index in [1.807, 2.05) is 61.2 Å². The van der Waals surface area contributed by atoms with Gasteiger partial charge in [0.15, 0.2) is 23.0 Å². The van der Waals surface area contributed by atoms with Crippen molar-refractivity contribution in [2.75, 3.05) is 26.1 Å². The van der Waals surface area contributed by atoms with Crippen molar-refractivity contribution in [3.63, 3.8) is 0 Å². The summed E-state index contributed by atoms with van der Waals surface area (Å²) < 4.78 is 31.0. The highest BCUT2D eigenvalue weighted by atomic mass is 32.2. The minimum atomic E-state index is 0.224. The van der Waals surface area contributed by atoms with Crippen molar-refractivity contribution in [3.05, 3.63) is 48.0 Å². The standard InChI is InChI=1S/C20H25NO5S2/c1-3-24-17-6-4-5-7-18(17)25-12-20-21-15(13-27-20)10-14-8-9-16(23-2)19(11-14)26-28-22/h4-9,11,15,20-22H,3,10,12-13H2,1-2H3/t15-,20?/m0/s1. The molecule has 8 heteroatoms. The van der Waals surface area contributed by atoms with Crippen LogP contribution in [-0.4, -0.2) is 42.0 Å². The third-order valence-corrected chi connectivity index (χ3v) is 5.82. The van der Waals surface area contributed by atoms with Crippen LogP contribution < -0.4 is 23.7 Å². The molecule has 0 radical (unpaired) electrons. The normalized spacial score (nSPS) is 18.7. The molecule has 1 aliphatic rings. The van der Waals surface area contributed by atoms with Gasteiger partial charge in [0.2, 0.25) is 12.3 Å². The summed E-state index contributed by atoms with van der Waals surface area (Å²) in [6, 6.07) is 13.9. The average Bonchev–Trinajstić information content (AvgIpc) is 3.15. The van der Waals surface area contributed by atoms with Crippen LogP contribution in [0.5, 0.6) is 23.0 Å². The zero-order valence-electron chi connectivity index (χ0n) is 15.9. The Morgan fingerprint density at radius 2 is 1.89 bits per heavy atom. The van der Waals surface area contributed by atoms with Crippen molar-refractivity contribution in [2.45, 2.75) is 24.8 Å². The highest BCUT2D eigenvalue weighted by Crippen LogP contribution is 2.32. The highest BCUT2D eigenvalue weighted by molar-refractivity contribution is 8.00. The molecule has 0 bridgehead atoms. The molecule has 2 N–H and O–H groups in total. The molecule has 28 heavy (non-hydrogen) atoms. The molecule has 1 aliphatic heterocycles. The Balaban J connectivity index is 1.52. The zero-order valence-corrected chi connectivity index (χ0v) is 17.6. The summed E-state index contributed by atoms with van der Waals surface area (Å²) in [5.41, 5.74) is 1.12. The first-order chi connectivity index (χ1) is 13.7. The van der Waals surface area contributed by atoms with Gasteiger partial charge in [-0.3, -0.25) is 9.87 Å². The third kappa shape index (κ3) is 5.64. The number of benzene rings is 2. The van der Waals surface area contributed by atoms with Crippen molar-refractivity contribution < 1.29 is 22.9 Å². The van der Waals surface area contributed by atoms with Crippen LogP contribution in [0.1, 0.15) is 12.5 Å². The van der Waals surface area contributed by atoms with Crippen LogP contribution in [0.25, 0.3) is 0 Å². The van der Waals surface area contributed by atoms with E-state index >= 15 is 0 Å². The smallest absolute Gasteiger partial charge is 0.222 e. The lowest BCUT2D eigenvalue weighted by Gasteiger charge is -2.16. The number of hydrogen-bond donors (Lipinski definition) is 2. The lowest BCUT2D eigenvalue weighted by Crippen LogP contribution is -2.34. The fourth-order valence-electron chi connectivity index (χ4n) is 3.05. The summed E-state index contributed by atoms with van der Waals surface area (Å²) in [6.07, 6.45) is 0.857. The number of nitrogens with one attached hydrogen (secondary N) is 1. The lowest BCUT2D eigenvalue weighted by molar-refractivity contribution is 0.268. The van der Waals surface area contributed by atoms with Gasteiger partial charge >= 0.3 is 0 Å². The van der Waals surface area contributed by atoms with Crippen molar-refractivity contribution in [3.8, 4) is 23.0 Å². The fourth-order valence-corrected chi connectivity index (χ4v) is 4.40. The first-order valence-corrected chi connectivity index (χ1v) is 10.9. The average molecular weight is 424 g/mol. The van der Waals surface area contributed by atoms with E-state index in [2.05, 4.69) is 5.32 Å².